The van der Waals surface area contributed by atoms with E-state index in [1.54, 1.807) is 4.31 Å². The number of nitrogens with zero attached hydrogens (tertiary/aromatic N) is 2. The van der Waals surface area contributed by atoms with Crippen LogP contribution in [-0.4, -0.2) is 66.8 Å². The van der Waals surface area contributed by atoms with Crippen LogP contribution in [0.3, 0.4) is 0 Å². The molecule has 3 aliphatic rings. The zero-order valence-corrected chi connectivity index (χ0v) is 13.1. The van der Waals surface area contributed by atoms with E-state index in [1.165, 1.54) is 19.1 Å². The smallest absolute Gasteiger partial charge is 0.211 e. The molecule has 3 unspecified atom stereocenters. The molecule has 3 aliphatic heterocycles. The molecule has 0 spiro atoms. The highest BCUT2D eigenvalue weighted by Gasteiger charge is 2.41. The van der Waals surface area contributed by atoms with Crippen molar-refractivity contribution in [3.05, 3.63) is 0 Å². The standard InChI is InChI=1S/C14H26N2O3S/c1-20(18,19)15-6-2-3-11(9-15)10-16-12-4-5-13(16)8-14(17)7-12/h11-14,17H,2-10H2,1H3. The summed E-state index contributed by atoms with van der Waals surface area (Å²) in [5, 5.41) is 9.85. The van der Waals surface area contributed by atoms with Crippen molar-refractivity contribution < 1.29 is 13.5 Å². The Morgan fingerprint density at radius 1 is 1.15 bits per heavy atom. The number of hydrogen-bond acceptors (Lipinski definition) is 4. The van der Waals surface area contributed by atoms with Gasteiger partial charge in [0.15, 0.2) is 0 Å². The molecule has 0 amide bonds. The Morgan fingerprint density at radius 3 is 2.40 bits per heavy atom. The maximum Gasteiger partial charge on any atom is 0.211 e. The molecule has 5 nitrogen and oxygen atoms in total. The molecule has 116 valence electrons. The van der Waals surface area contributed by atoms with E-state index in [1.807, 2.05) is 0 Å². The molecule has 3 saturated heterocycles. The summed E-state index contributed by atoms with van der Waals surface area (Å²) in [4.78, 5) is 2.56. The minimum Gasteiger partial charge on any atom is -0.393 e. The number of fused-ring (bicyclic) bond motifs is 2. The molecule has 0 saturated carbocycles. The van der Waals surface area contributed by atoms with Crippen LogP contribution in [0, 0.1) is 5.92 Å². The molecule has 0 aromatic carbocycles. The third-order valence-corrected chi connectivity index (χ3v) is 6.55. The molecule has 3 rings (SSSR count). The van der Waals surface area contributed by atoms with Crippen molar-refractivity contribution in [3.63, 3.8) is 0 Å². The Kier molecular flexibility index (Phi) is 4.10. The van der Waals surface area contributed by atoms with Crippen LogP contribution in [0.4, 0.5) is 0 Å². The van der Waals surface area contributed by atoms with Gasteiger partial charge in [0.05, 0.1) is 12.4 Å². The van der Waals surface area contributed by atoms with Gasteiger partial charge in [-0.2, -0.15) is 0 Å². The Bertz CT molecular complexity index is 439. The predicted octanol–water partition coefficient (Wildman–Crippen LogP) is 0.646. The first-order valence-electron chi connectivity index (χ1n) is 7.82. The molecule has 1 N–H and O–H groups in total. The van der Waals surface area contributed by atoms with Gasteiger partial charge in [-0.15, -0.1) is 0 Å². The Morgan fingerprint density at radius 2 is 1.80 bits per heavy atom. The zero-order chi connectivity index (χ0) is 14.3. The molecule has 0 aromatic heterocycles. The first-order valence-corrected chi connectivity index (χ1v) is 9.67. The van der Waals surface area contributed by atoms with Gasteiger partial charge in [0.25, 0.3) is 0 Å². The minimum absolute atomic E-state index is 0.123. The average molecular weight is 302 g/mol. The Hall–Kier alpha value is -0.170. The third kappa shape index (κ3) is 3.03. The van der Waals surface area contributed by atoms with Crippen LogP contribution in [-0.2, 0) is 10.0 Å². The quantitative estimate of drug-likeness (QED) is 0.831. The SMILES string of the molecule is CS(=O)(=O)N1CCCC(CN2C3CCC2CC(O)C3)C1. The summed E-state index contributed by atoms with van der Waals surface area (Å²) in [7, 11) is -3.04. The van der Waals surface area contributed by atoms with E-state index in [0.717, 1.165) is 32.2 Å². The normalized spacial score (nSPS) is 40.1. The number of rotatable bonds is 3. The fourth-order valence-corrected chi connectivity index (χ4v) is 5.26. The van der Waals surface area contributed by atoms with Crippen molar-refractivity contribution in [1.82, 2.24) is 9.21 Å². The molecule has 20 heavy (non-hydrogen) atoms. The third-order valence-electron chi connectivity index (χ3n) is 5.28. The molecule has 3 atom stereocenters. The summed E-state index contributed by atoms with van der Waals surface area (Å²) in [6.45, 7) is 2.37. The fraction of sp³-hybridized carbons (Fsp3) is 1.00. The molecule has 0 radical (unpaired) electrons. The first-order chi connectivity index (χ1) is 9.43. The largest absolute Gasteiger partial charge is 0.393 e. The lowest BCUT2D eigenvalue weighted by molar-refractivity contribution is 0.0222. The van der Waals surface area contributed by atoms with Crippen LogP contribution in [0.1, 0.15) is 38.5 Å². The van der Waals surface area contributed by atoms with Crippen molar-refractivity contribution in [2.75, 3.05) is 25.9 Å². The van der Waals surface area contributed by atoms with Crippen molar-refractivity contribution in [1.29, 1.82) is 0 Å². The van der Waals surface area contributed by atoms with E-state index >= 15 is 0 Å². The molecule has 0 aromatic rings. The summed E-state index contributed by atoms with van der Waals surface area (Å²) >= 11 is 0. The van der Waals surface area contributed by atoms with Gasteiger partial charge in [0.2, 0.25) is 10.0 Å². The number of hydrogen-bond donors (Lipinski definition) is 1. The number of sulfonamides is 1. The van der Waals surface area contributed by atoms with Crippen molar-refractivity contribution in [2.24, 2.45) is 5.92 Å². The highest BCUT2D eigenvalue weighted by molar-refractivity contribution is 7.88. The summed E-state index contributed by atoms with van der Waals surface area (Å²) in [5.74, 6) is 0.455. The zero-order valence-electron chi connectivity index (χ0n) is 12.2. The van der Waals surface area contributed by atoms with Gasteiger partial charge in [-0.3, -0.25) is 4.90 Å². The average Bonchev–Trinajstić information content (AvgIpc) is 2.61. The van der Waals surface area contributed by atoms with Gasteiger partial charge >= 0.3 is 0 Å². The molecular weight excluding hydrogens is 276 g/mol. The second-order valence-electron chi connectivity index (χ2n) is 6.84. The highest BCUT2D eigenvalue weighted by Crippen LogP contribution is 2.37. The molecule has 2 bridgehead atoms. The second kappa shape index (κ2) is 5.55. The van der Waals surface area contributed by atoms with Crippen LogP contribution in [0.2, 0.25) is 0 Å². The van der Waals surface area contributed by atoms with E-state index in [9.17, 15) is 13.5 Å². The second-order valence-corrected chi connectivity index (χ2v) is 8.82. The summed E-state index contributed by atoms with van der Waals surface area (Å²) < 4.78 is 25.0. The minimum atomic E-state index is -3.04. The summed E-state index contributed by atoms with van der Waals surface area (Å²) in [6.07, 6.45) is 7.50. The van der Waals surface area contributed by atoms with Crippen LogP contribution in [0.15, 0.2) is 0 Å². The van der Waals surface area contributed by atoms with E-state index in [4.69, 9.17) is 0 Å². The van der Waals surface area contributed by atoms with Gasteiger partial charge in [0, 0.05) is 31.7 Å². The van der Waals surface area contributed by atoms with Gasteiger partial charge in [-0.1, -0.05) is 0 Å². The monoisotopic (exact) mass is 302 g/mol. The number of aliphatic hydroxyl groups is 1. The molecular formula is C14H26N2O3S. The van der Waals surface area contributed by atoms with Gasteiger partial charge in [0.1, 0.15) is 0 Å². The van der Waals surface area contributed by atoms with E-state index in [-0.39, 0.29) is 6.10 Å². The first kappa shape index (κ1) is 14.8. The topological polar surface area (TPSA) is 60.9 Å². The van der Waals surface area contributed by atoms with E-state index in [2.05, 4.69) is 4.90 Å². The highest BCUT2D eigenvalue weighted by atomic mass is 32.2. The Labute approximate surface area is 122 Å². The lowest BCUT2D eigenvalue weighted by Crippen LogP contribution is -2.49. The Balaban J connectivity index is 1.61. The number of aliphatic hydroxyl groups excluding tert-OH is 1. The van der Waals surface area contributed by atoms with Gasteiger partial charge in [-0.05, 0) is 44.4 Å². The maximum absolute atomic E-state index is 11.7. The predicted molar refractivity (Wildman–Crippen MR) is 77.9 cm³/mol. The molecule has 3 fully saturated rings. The maximum atomic E-state index is 11.7. The lowest BCUT2D eigenvalue weighted by atomic mass is 9.94. The molecule has 6 heteroatoms. The van der Waals surface area contributed by atoms with Crippen molar-refractivity contribution in [3.8, 4) is 0 Å². The van der Waals surface area contributed by atoms with Crippen LogP contribution in [0.25, 0.3) is 0 Å². The van der Waals surface area contributed by atoms with Gasteiger partial charge < -0.3 is 5.11 Å². The van der Waals surface area contributed by atoms with E-state index < -0.39 is 10.0 Å². The lowest BCUT2D eigenvalue weighted by Gasteiger charge is -2.41. The summed E-state index contributed by atoms with van der Waals surface area (Å²) in [6, 6.07) is 1.05. The van der Waals surface area contributed by atoms with Crippen LogP contribution in [0.5, 0.6) is 0 Å². The molecule has 0 aliphatic carbocycles. The number of piperidine rings is 2. The van der Waals surface area contributed by atoms with Gasteiger partial charge in [-0.25, -0.2) is 12.7 Å². The van der Waals surface area contributed by atoms with Crippen LogP contribution < -0.4 is 0 Å². The van der Waals surface area contributed by atoms with Crippen molar-refractivity contribution in [2.45, 2.75) is 56.7 Å². The molecule has 3 heterocycles. The van der Waals surface area contributed by atoms with E-state index in [0.29, 0.717) is 31.1 Å². The summed E-state index contributed by atoms with van der Waals surface area (Å²) in [5.41, 5.74) is 0. The fourth-order valence-electron chi connectivity index (χ4n) is 4.32. The van der Waals surface area contributed by atoms with Crippen molar-refractivity contribution >= 4 is 10.0 Å². The van der Waals surface area contributed by atoms with Crippen LogP contribution >= 0.6 is 0 Å².